The average molecular weight is 385 g/mol. The van der Waals surface area contributed by atoms with E-state index in [9.17, 15) is 15.2 Å². The minimum absolute atomic E-state index is 0.228. The molecule has 0 spiro atoms. The molecule has 1 heterocycles. The van der Waals surface area contributed by atoms with E-state index in [4.69, 9.17) is 15.2 Å². The number of nitro benzene ring substituents is 1. The summed E-state index contributed by atoms with van der Waals surface area (Å²) in [4.78, 5) is 14.6. The lowest BCUT2D eigenvalue weighted by Crippen LogP contribution is -2.14. The molecule has 4 N–H and O–H groups in total. The highest BCUT2D eigenvalue weighted by Gasteiger charge is 2.19. The molecule has 0 aliphatic rings. The van der Waals surface area contributed by atoms with Crippen molar-refractivity contribution in [2.75, 3.05) is 13.7 Å². The Morgan fingerprint density at radius 3 is 2.75 bits per heavy atom. The van der Waals surface area contributed by atoms with E-state index in [-0.39, 0.29) is 5.82 Å². The van der Waals surface area contributed by atoms with Crippen molar-refractivity contribution >= 4 is 5.69 Å². The molecule has 1 aromatic heterocycles. The van der Waals surface area contributed by atoms with Crippen molar-refractivity contribution in [1.82, 2.24) is 15.2 Å². The smallest absolute Gasteiger partial charge is 0.311 e. The van der Waals surface area contributed by atoms with Crippen LogP contribution in [0.3, 0.4) is 0 Å². The van der Waals surface area contributed by atoms with E-state index in [2.05, 4.69) is 15.2 Å². The molecular formula is C18H19N5O5. The summed E-state index contributed by atoms with van der Waals surface area (Å²) in [7, 11) is 1.54. The molecule has 0 aliphatic heterocycles. The van der Waals surface area contributed by atoms with Crippen molar-refractivity contribution < 1.29 is 19.5 Å². The minimum atomic E-state index is -0.676. The summed E-state index contributed by atoms with van der Waals surface area (Å²) in [5, 5.41) is 27.4. The van der Waals surface area contributed by atoms with Gasteiger partial charge in [-0.2, -0.15) is 5.10 Å². The normalized spacial score (nSPS) is 11.8. The molecule has 0 radical (unpaired) electrons. The lowest BCUT2D eigenvalue weighted by atomic mass is 10.1. The van der Waals surface area contributed by atoms with Gasteiger partial charge in [0.25, 0.3) is 0 Å². The van der Waals surface area contributed by atoms with Gasteiger partial charge < -0.3 is 20.3 Å². The molecule has 0 amide bonds. The standard InChI is InChI=1S/C18H19N5O5/c1-3-28-14-7-5-10(9-15(14)27-2)16(19)18-20-17(21-22-18)11-4-6-13(24)12(8-11)23(25)26/h4-9,16,24H,3,19H2,1-2H3,(H,20,21,22). The molecule has 0 saturated carbocycles. The van der Waals surface area contributed by atoms with Crippen LogP contribution in [-0.4, -0.2) is 38.9 Å². The number of nitrogens with zero attached hydrogens (tertiary/aromatic N) is 3. The first-order valence-corrected chi connectivity index (χ1v) is 8.41. The van der Waals surface area contributed by atoms with Crippen LogP contribution in [0.1, 0.15) is 24.4 Å². The zero-order chi connectivity index (χ0) is 20.3. The van der Waals surface area contributed by atoms with E-state index in [1.165, 1.54) is 25.3 Å². The number of benzene rings is 2. The summed E-state index contributed by atoms with van der Waals surface area (Å²) in [6.07, 6.45) is 0. The lowest BCUT2D eigenvalue weighted by molar-refractivity contribution is -0.385. The molecule has 0 aliphatic carbocycles. The van der Waals surface area contributed by atoms with E-state index in [1.54, 1.807) is 18.2 Å². The Labute approximate surface area is 160 Å². The Balaban J connectivity index is 1.90. The van der Waals surface area contributed by atoms with Crippen LogP contribution in [0.2, 0.25) is 0 Å². The van der Waals surface area contributed by atoms with Gasteiger partial charge in [0.05, 0.1) is 24.7 Å². The summed E-state index contributed by atoms with van der Waals surface area (Å²) in [5.41, 5.74) is 6.95. The van der Waals surface area contributed by atoms with Gasteiger partial charge in [0.1, 0.15) is 5.82 Å². The number of hydrogen-bond donors (Lipinski definition) is 3. The van der Waals surface area contributed by atoms with Gasteiger partial charge in [-0.05, 0) is 36.8 Å². The van der Waals surface area contributed by atoms with E-state index in [0.29, 0.717) is 29.5 Å². The fourth-order valence-electron chi connectivity index (χ4n) is 2.66. The van der Waals surface area contributed by atoms with Gasteiger partial charge >= 0.3 is 5.69 Å². The van der Waals surface area contributed by atoms with Crippen molar-refractivity contribution in [1.29, 1.82) is 0 Å². The van der Waals surface area contributed by atoms with Gasteiger partial charge in [0.15, 0.2) is 23.1 Å². The maximum atomic E-state index is 11.0. The van der Waals surface area contributed by atoms with Crippen LogP contribution < -0.4 is 15.2 Å². The first kappa shape index (κ1) is 19.1. The number of phenols is 1. The first-order chi connectivity index (χ1) is 13.4. The second-order valence-corrected chi connectivity index (χ2v) is 5.83. The Kier molecular flexibility index (Phi) is 5.41. The molecule has 0 fully saturated rings. The Morgan fingerprint density at radius 1 is 1.29 bits per heavy atom. The molecule has 2 aromatic carbocycles. The number of methoxy groups -OCH3 is 1. The van der Waals surface area contributed by atoms with E-state index in [0.717, 1.165) is 5.56 Å². The predicted octanol–water partition coefficient (Wildman–Crippen LogP) is 2.54. The molecule has 1 unspecified atom stereocenters. The first-order valence-electron chi connectivity index (χ1n) is 8.41. The SMILES string of the molecule is CCOc1ccc(C(N)c2nc(-c3ccc(O)c([N+](=O)[O-])c3)n[nH]2)cc1OC. The van der Waals surface area contributed by atoms with Gasteiger partial charge in [-0.1, -0.05) is 6.07 Å². The number of nitrogens with one attached hydrogen (secondary N) is 1. The molecule has 3 aromatic rings. The molecule has 28 heavy (non-hydrogen) atoms. The van der Waals surface area contributed by atoms with Crippen LogP contribution in [-0.2, 0) is 0 Å². The second-order valence-electron chi connectivity index (χ2n) is 5.83. The maximum Gasteiger partial charge on any atom is 0.311 e. The Bertz CT molecular complexity index is 1000. The van der Waals surface area contributed by atoms with Crippen LogP contribution >= 0.6 is 0 Å². The van der Waals surface area contributed by atoms with E-state index in [1.807, 2.05) is 6.92 Å². The van der Waals surface area contributed by atoms with Crippen LogP contribution in [0.15, 0.2) is 36.4 Å². The summed E-state index contributed by atoms with van der Waals surface area (Å²) in [6.45, 7) is 2.38. The summed E-state index contributed by atoms with van der Waals surface area (Å²) < 4.78 is 10.8. The minimum Gasteiger partial charge on any atom is -0.502 e. The number of aromatic amines is 1. The van der Waals surface area contributed by atoms with Gasteiger partial charge in [-0.3, -0.25) is 15.2 Å². The summed E-state index contributed by atoms with van der Waals surface area (Å²) >= 11 is 0. The molecule has 10 nitrogen and oxygen atoms in total. The van der Waals surface area contributed by atoms with E-state index < -0.39 is 22.4 Å². The predicted molar refractivity (Wildman–Crippen MR) is 100 cm³/mol. The molecule has 1 atom stereocenters. The van der Waals surface area contributed by atoms with Gasteiger partial charge in [-0.15, -0.1) is 0 Å². The third kappa shape index (κ3) is 3.71. The number of aromatic hydroxyl groups is 1. The van der Waals surface area contributed by atoms with Crippen LogP contribution in [0.25, 0.3) is 11.4 Å². The van der Waals surface area contributed by atoms with Gasteiger partial charge in [0, 0.05) is 11.6 Å². The fraction of sp³-hybridized carbons (Fsp3) is 0.222. The number of H-pyrrole nitrogens is 1. The molecule has 146 valence electrons. The Hall–Kier alpha value is -3.66. The average Bonchev–Trinajstić information content (AvgIpc) is 3.18. The van der Waals surface area contributed by atoms with Crippen LogP contribution in [0.4, 0.5) is 5.69 Å². The molecule has 0 saturated heterocycles. The zero-order valence-electron chi connectivity index (χ0n) is 15.2. The number of hydrogen-bond acceptors (Lipinski definition) is 8. The molecular weight excluding hydrogens is 366 g/mol. The number of nitrogens with two attached hydrogens (primary N) is 1. The summed E-state index contributed by atoms with van der Waals surface area (Å²) in [6, 6.07) is 8.60. The van der Waals surface area contributed by atoms with Crippen LogP contribution in [0, 0.1) is 10.1 Å². The highest BCUT2D eigenvalue weighted by molar-refractivity contribution is 5.63. The van der Waals surface area contributed by atoms with E-state index >= 15 is 0 Å². The number of phenolic OH excluding ortho intramolecular Hbond substituents is 1. The molecule has 10 heteroatoms. The number of aromatic nitrogens is 3. The Morgan fingerprint density at radius 2 is 2.07 bits per heavy atom. The van der Waals surface area contributed by atoms with Crippen molar-refractivity contribution in [2.45, 2.75) is 13.0 Å². The topological polar surface area (TPSA) is 149 Å². The number of ether oxygens (including phenoxy) is 2. The van der Waals surface area contributed by atoms with Crippen molar-refractivity contribution in [3.63, 3.8) is 0 Å². The quantitative estimate of drug-likeness (QED) is 0.415. The van der Waals surface area contributed by atoms with Crippen molar-refractivity contribution in [2.24, 2.45) is 5.73 Å². The van der Waals surface area contributed by atoms with Crippen molar-refractivity contribution in [3.8, 4) is 28.6 Å². The largest absolute Gasteiger partial charge is 0.502 e. The monoisotopic (exact) mass is 385 g/mol. The highest BCUT2D eigenvalue weighted by atomic mass is 16.6. The number of rotatable bonds is 7. The van der Waals surface area contributed by atoms with Crippen molar-refractivity contribution in [3.05, 3.63) is 57.9 Å². The lowest BCUT2D eigenvalue weighted by Gasteiger charge is -2.13. The highest BCUT2D eigenvalue weighted by Crippen LogP contribution is 2.32. The molecule has 0 bridgehead atoms. The zero-order valence-corrected chi connectivity index (χ0v) is 15.2. The van der Waals surface area contributed by atoms with Gasteiger partial charge in [-0.25, -0.2) is 4.98 Å². The number of nitro groups is 1. The van der Waals surface area contributed by atoms with Gasteiger partial charge in [0.2, 0.25) is 0 Å². The summed E-state index contributed by atoms with van der Waals surface area (Å²) in [5.74, 6) is 1.32. The third-order valence-corrected chi connectivity index (χ3v) is 4.07. The molecule has 3 rings (SSSR count). The second kappa shape index (κ2) is 7.92. The fourth-order valence-corrected chi connectivity index (χ4v) is 2.66. The van der Waals surface area contributed by atoms with Crippen LogP contribution in [0.5, 0.6) is 17.2 Å². The maximum absolute atomic E-state index is 11.0. The third-order valence-electron chi connectivity index (χ3n) is 4.07.